The Bertz CT molecular complexity index is 174. The van der Waals surface area contributed by atoms with Crippen LogP contribution in [0, 0.1) is 5.92 Å². The van der Waals surface area contributed by atoms with Crippen LogP contribution < -0.4 is 0 Å². The van der Waals surface area contributed by atoms with Gasteiger partial charge in [0.05, 0.1) is 12.7 Å². The summed E-state index contributed by atoms with van der Waals surface area (Å²) in [7, 11) is 0. The average molecular weight is 230 g/mol. The second-order valence-electron chi connectivity index (χ2n) is 3.27. The molecule has 1 aliphatic heterocycles. The first-order valence-electron chi connectivity index (χ1n) is 4.45. The van der Waals surface area contributed by atoms with E-state index in [-0.39, 0.29) is 23.4 Å². The van der Waals surface area contributed by atoms with E-state index in [0.717, 1.165) is 0 Å². The molecule has 0 aromatic heterocycles. The zero-order chi connectivity index (χ0) is 10.6. The summed E-state index contributed by atoms with van der Waals surface area (Å²) in [4.78, 5) is 0. The Morgan fingerprint density at radius 3 is 2.71 bits per heavy atom. The first-order chi connectivity index (χ1) is 6.49. The van der Waals surface area contributed by atoms with E-state index >= 15 is 0 Å². The van der Waals surface area contributed by atoms with Gasteiger partial charge in [0, 0.05) is 18.3 Å². The Hall–Kier alpha value is 0.0600. The Balaban J connectivity index is 2.17. The summed E-state index contributed by atoms with van der Waals surface area (Å²) in [6.07, 6.45) is 0.379. The first-order valence-corrected chi connectivity index (χ1v) is 5.44. The van der Waals surface area contributed by atoms with Gasteiger partial charge in [-0.05, 0) is 12.8 Å². The molecule has 2 unspecified atom stereocenters. The van der Waals surface area contributed by atoms with Gasteiger partial charge in [-0.15, -0.1) is 0 Å². The summed E-state index contributed by atoms with van der Waals surface area (Å²) < 4.78 is 40.4. The van der Waals surface area contributed by atoms with Crippen LogP contribution in [0.25, 0.3) is 0 Å². The number of halogens is 3. The van der Waals surface area contributed by atoms with Crippen molar-refractivity contribution in [3.05, 3.63) is 0 Å². The molecule has 1 saturated heterocycles. The normalized spacial score (nSPS) is 29.1. The summed E-state index contributed by atoms with van der Waals surface area (Å²) in [5, 5.41) is 9.43. The van der Waals surface area contributed by atoms with Crippen LogP contribution in [0.5, 0.6) is 0 Å². The third kappa shape index (κ3) is 4.52. The molecule has 2 atom stereocenters. The lowest BCUT2D eigenvalue weighted by Crippen LogP contribution is -2.32. The minimum absolute atomic E-state index is 0.00537. The molecule has 0 aromatic carbocycles. The van der Waals surface area contributed by atoms with Crippen molar-refractivity contribution in [2.45, 2.75) is 24.5 Å². The fourth-order valence-corrected chi connectivity index (χ4v) is 2.04. The summed E-state index contributed by atoms with van der Waals surface area (Å²) in [5.41, 5.74) is -4.17. The highest BCUT2D eigenvalue weighted by molar-refractivity contribution is 8.00. The largest absolute Gasteiger partial charge is 0.441 e. The monoisotopic (exact) mass is 230 g/mol. The van der Waals surface area contributed by atoms with Gasteiger partial charge in [0.2, 0.25) is 0 Å². The van der Waals surface area contributed by atoms with Crippen LogP contribution >= 0.6 is 11.8 Å². The van der Waals surface area contributed by atoms with Crippen LogP contribution in [0.1, 0.15) is 12.8 Å². The predicted molar refractivity (Wildman–Crippen MR) is 48.1 cm³/mol. The van der Waals surface area contributed by atoms with Crippen LogP contribution in [0.2, 0.25) is 0 Å². The van der Waals surface area contributed by atoms with Crippen molar-refractivity contribution in [1.82, 2.24) is 0 Å². The first kappa shape index (κ1) is 12.1. The molecule has 0 bridgehead atoms. The van der Waals surface area contributed by atoms with Gasteiger partial charge < -0.3 is 9.84 Å². The molecule has 14 heavy (non-hydrogen) atoms. The maximum absolute atomic E-state index is 11.8. The third-order valence-corrected chi connectivity index (χ3v) is 2.96. The maximum Gasteiger partial charge on any atom is 0.441 e. The molecule has 0 saturated carbocycles. The average Bonchev–Trinajstić information content (AvgIpc) is 2.06. The van der Waals surface area contributed by atoms with Gasteiger partial charge in [-0.3, -0.25) is 0 Å². The van der Waals surface area contributed by atoms with E-state index in [0.29, 0.717) is 26.1 Å². The second kappa shape index (κ2) is 5.23. The quantitative estimate of drug-likeness (QED) is 0.804. The van der Waals surface area contributed by atoms with E-state index in [1.54, 1.807) is 0 Å². The molecule has 0 aromatic rings. The maximum atomic E-state index is 11.8. The van der Waals surface area contributed by atoms with Crippen molar-refractivity contribution >= 4 is 11.8 Å². The van der Waals surface area contributed by atoms with Crippen LogP contribution in [0.4, 0.5) is 13.2 Å². The Morgan fingerprint density at radius 2 is 2.14 bits per heavy atom. The van der Waals surface area contributed by atoms with Crippen molar-refractivity contribution in [1.29, 1.82) is 0 Å². The van der Waals surface area contributed by atoms with Gasteiger partial charge in [-0.2, -0.15) is 13.2 Å². The van der Waals surface area contributed by atoms with Crippen molar-refractivity contribution in [3.8, 4) is 0 Å². The van der Waals surface area contributed by atoms with Gasteiger partial charge in [0.15, 0.2) is 0 Å². The predicted octanol–water partition coefficient (Wildman–Crippen LogP) is 2.03. The standard InChI is InChI=1S/C8H13F3O2S/c9-8(10,11)14-4-2-6-5-13-3-1-7(6)12/h6-7,12H,1-5H2. The van der Waals surface area contributed by atoms with E-state index < -0.39 is 11.6 Å². The molecule has 1 aliphatic rings. The van der Waals surface area contributed by atoms with Crippen molar-refractivity contribution in [2.75, 3.05) is 19.0 Å². The number of hydrogen-bond acceptors (Lipinski definition) is 3. The van der Waals surface area contributed by atoms with Gasteiger partial charge >= 0.3 is 5.51 Å². The topological polar surface area (TPSA) is 29.5 Å². The number of hydrogen-bond donors (Lipinski definition) is 1. The molecule has 0 spiro atoms. The van der Waals surface area contributed by atoms with E-state index in [2.05, 4.69) is 0 Å². The van der Waals surface area contributed by atoms with Crippen LogP contribution in [0.15, 0.2) is 0 Å². The molecular formula is C8H13F3O2S. The molecule has 0 aliphatic carbocycles. The minimum Gasteiger partial charge on any atom is -0.393 e. The van der Waals surface area contributed by atoms with E-state index in [4.69, 9.17) is 4.74 Å². The molecule has 1 fully saturated rings. The summed E-state index contributed by atoms with van der Waals surface area (Å²) in [5.74, 6) is -0.146. The van der Waals surface area contributed by atoms with E-state index in [1.807, 2.05) is 0 Å². The third-order valence-electron chi connectivity index (χ3n) is 2.19. The second-order valence-corrected chi connectivity index (χ2v) is 4.43. The Morgan fingerprint density at radius 1 is 1.43 bits per heavy atom. The zero-order valence-corrected chi connectivity index (χ0v) is 8.40. The molecule has 1 N–H and O–H groups in total. The van der Waals surface area contributed by atoms with Crippen molar-refractivity contribution < 1.29 is 23.0 Å². The number of aliphatic hydroxyl groups is 1. The highest BCUT2D eigenvalue weighted by Gasteiger charge is 2.30. The zero-order valence-electron chi connectivity index (χ0n) is 7.59. The molecule has 2 nitrogen and oxygen atoms in total. The van der Waals surface area contributed by atoms with Gasteiger partial charge in [0.1, 0.15) is 0 Å². The fourth-order valence-electron chi connectivity index (χ4n) is 1.39. The van der Waals surface area contributed by atoms with Crippen LogP contribution in [-0.4, -0.2) is 35.7 Å². The van der Waals surface area contributed by atoms with E-state index in [9.17, 15) is 18.3 Å². The smallest absolute Gasteiger partial charge is 0.393 e. The number of rotatable bonds is 3. The molecule has 0 amide bonds. The molecular weight excluding hydrogens is 217 g/mol. The number of ether oxygens (including phenoxy) is 1. The molecule has 1 rings (SSSR count). The van der Waals surface area contributed by atoms with Gasteiger partial charge in [0.25, 0.3) is 0 Å². The van der Waals surface area contributed by atoms with Crippen LogP contribution in [0.3, 0.4) is 0 Å². The summed E-state index contributed by atoms with van der Waals surface area (Å²) in [6.45, 7) is 0.879. The van der Waals surface area contributed by atoms with Gasteiger partial charge in [-0.25, -0.2) is 0 Å². The lowest BCUT2D eigenvalue weighted by molar-refractivity contribution is -0.0394. The molecule has 1 heterocycles. The highest BCUT2D eigenvalue weighted by atomic mass is 32.2. The van der Waals surface area contributed by atoms with Crippen molar-refractivity contribution in [2.24, 2.45) is 5.92 Å². The lowest BCUT2D eigenvalue weighted by Gasteiger charge is -2.27. The minimum atomic E-state index is -4.17. The number of alkyl halides is 3. The Kier molecular flexibility index (Phi) is 4.53. The van der Waals surface area contributed by atoms with Gasteiger partial charge in [-0.1, -0.05) is 11.8 Å². The van der Waals surface area contributed by atoms with Crippen LogP contribution in [-0.2, 0) is 4.74 Å². The molecule has 0 radical (unpaired) electrons. The molecule has 84 valence electrons. The SMILES string of the molecule is OC1CCOCC1CCSC(F)(F)F. The fraction of sp³-hybridized carbons (Fsp3) is 1.00. The highest BCUT2D eigenvalue weighted by Crippen LogP contribution is 2.32. The number of thioether (sulfide) groups is 1. The van der Waals surface area contributed by atoms with E-state index in [1.165, 1.54) is 0 Å². The number of aliphatic hydroxyl groups excluding tert-OH is 1. The van der Waals surface area contributed by atoms with Crippen molar-refractivity contribution in [3.63, 3.8) is 0 Å². The molecule has 6 heteroatoms. The summed E-state index contributed by atoms with van der Waals surface area (Å²) >= 11 is -0.0374. The lowest BCUT2D eigenvalue weighted by atomic mass is 9.96. The Labute approximate surface area is 84.8 Å². The summed E-state index contributed by atoms with van der Waals surface area (Å²) in [6, 6.07) is 0.